The second-order valence-electron chi connectivity index (χ2n) is 8.16. The van der Waals surface area contributed by atoms with Crippen LogP contribution < -0.4 is 10.2 Å². The molecule has 0 aliphatic heterocycles. The van der Waals surface area contributed by atoms with Gasteiger partial charge in [-0.3, -0.25) is 10.3 Å². The van der Waals surface area contributed by atoms with E-state index in [1.54, 1.807) is 7.11 Å². The van der Waals surface area contributed by atoms with Crippen molar-refractivity contribution in [2.45, 2.75) is 38.5 Å². The van der Waals surface area contributed by atoms with Crippen LogP contribution in [0.1, 0.15) is 43.4 Å². The highest BCUT2D eigenvalue weighted by Crippen LogP contribution is 2.30. The zero-order valence-corrected chi connectivity index (χ0v) is 18.2. The quantitative estimate of drug-likeness (QED) is 0.375. The molecule has 0 aromatic heterocycles. The highest BCUT2D eigenvalue weighted by atomic mass is 16.6. The Labute approximate surface area is 180 Å². The molecular formula is C27H31NO2. The van der Waals surface area contributed by atoms with Crippen LogP contribution in [0, 0.1) is 0 Å². The molecule has 0 atom stereocenters. The number of hydroxylamine groups is 1. The molecule has 3 nitrogen and oxygen atoms in total. The minimum absolute atomic E-state index is 0.104. The van der Waals surface area contributed by atoms with Crippen LogP contribution in [-0.4, -0.2) is 7.11 Å². The van der Waals surface area contributed by atoms with Crippen molar-refractivity contribution in [3.63, 3.8) is 0 Å². The van der Waals surface area contributed by atoms with Gasteiger partial charge >= 0.3 is 0 Å². The minimum atomic E-state index is 0.104. The topological polar surface area (TPSA) is 30.5 Å². The predicted octanol–water partition coefficient (Wildman–Crippen LogP) is 6.90. The summed E-state index contributed by atoms with van der Waals surface area (Å²) in [5.74, 6) is 1.75. The third-order valence-corrected chi connectivity index (χ3v) is 5.38. The number of para-hydroxylation sites is 1. The van der Waals surface area contributed by atoms with Crippen LogP contribution in [0.5, 0.6) is 11.5 Å². The number of hydrogen-bond acceptors (Lipinski definition) is 3. The lowest BCUT2D eigenvalue weighted by Crippen LogP contribution is -2.17. The summed E-state index contributed by atoms with van der Waals surface area (Å²) in [5, 5.41) is 0. The van der Waals surface area contributed by atoms with Gasteiger partial charge in [-0.05, 0) is 65.6 Å². The summed E-state index contributed by atoms with van der Waals surface area (Å²) in [6.45, 7) is 8.59. The van der Waals surface area contributed by atoms with Gasteiger partial charge in [-0.25, -0.2) is 0 Å². The van der Waals surface area contributed by atoms with Crippen LogP contribution in [0.2, 0.25) is 0 Å². The fraction of sp³-hybridized carbons (Fsp3) is 0.259. The first-order valence-electron chi connectivity index (χ1n) is 10.4. The van der Waals surface area contributed by atoms with Gasteiger partial charge in [0.15, 0.2) is 0 Å². The number of benzene rings is 3. The molecule has 0 saturated heterocycles. The first kappa shape index (κ1) is 21.7. The van der Waals surface area contributed by atoms with E-state index in [2.05, 4.69) is 68.4 Å². The zero-order valence-electron chi connectivity index (χ0n) is 18.2. The number of rotatable bonds is 10. The molecule has 30 heavy (non-hydrogen) atoms. The van der Waals surface area contributed by atoms with Gasteiger partial charge in [0.1, 0.15) is 11.5 Å². The minimum Gasteiger partial charge on any atom is -0.457 e. The lowest BCUT2D eigenvalue weighted by Gasteiger charge is -2.26. The molecule has 3 aromatic carbocycles. The first-order chi connectivity index (χ1) is 14.5. The average molecular weight is 402 g/mol. The standard InChI is InChI=1S/C27H31NO2/c1-21(28-29-4)23-15-17-24(18-16-23)27(2,3)19-9-11-22-10-8-14-26(20-22)30-25-12-6-5-7-13-25/h5-8,10,12-18,20,28H,1,9,11,19H2,2-4H3. The Balaban J connectivity index is 1.56. The molecule has 0 radical (unpaired) electrons. The first-order valence-corrected chi connectivity index (χ1v) is 10.4. The Bertz CT molecular complexity index is 946. The molecule has 0 aliphatic carbocycles. The van der Waals surface area contributed by atoms with Gasteiger partial charge in [0.2, 0.25) is 0 Å². The molecule has 3 aromatic rings. The third kappa shape index (κ3) is 5.98. The van der Waals surface area contributed by atoms with Crippen molar-refractivity contribution in [3.8, 4) is 11.5 Å². The Morgan fingerprint density at radius 1 is 0.900 bits per heavy atom. The summed E-state index contributed by atoms with van der Waals surface area (Å²) >= 11 is 0. The third-order valence-electron chi connectivity index (χ3n) is 5.38. The van der Waals surface area contributed by atoms with Crippen molar-refractivity contribution in [1.29, 1.82) is 0 Å². The predicted molar refractivity (Wildman–Crippen MR) is 125 cm³/mol. The normalized spacial score (nSPS) is 11.2. The molecule has 0 heterocycles. The fourth-order valence-corrected chi connectivity index (χ4v) is 3.57. The van der Waals surface area contributed by atoms with Crippen molar-refractivity contribution in [3.05, 3.63) is 102 Å². The van der Waals surface area contributed by atoms with Crippen molar-refractivity contribution < 1.29 is 9.57 Å². The van der Waals surface area contributed by atoms with E-state index in [1.807, 2.05) is 36.4 Å². The van der Waals surface area contributed by atoms with Crippen LogP contribution in [0.3, 0.4) is 0 Å². The van der Waals surface area contributed by atoms with Crippen LogP contribution in [-0.2, 0) is 16.7 Å². The number of ether oxygens (including phenoxy) is 1. The molecular weight excluding hydrogens is 370 g/mol. The van der Waals surface area contributed by atoms with Crippen LogP contribution in [0.4, 0.5) is 0 Å². The van der Waals surface area contributed by atoms with Gasteiger partial charge in [-0.1, -0.05) is 75.0 Å². The van der Waals surface area contributed by atoms with Gasteiger partial charge in [-0.15, -0.1) is 0 Å². The lowest BCUT2D eigenvalue weighted by atomic mass is 9.79. The largest absolute Gasteiger partial charge is 0.457 e. The number of hydrogen-bond donors (Lipinski definition) is 1. The van der Waals surface area contributed by atoms with Gasteiger partial charge in [0.05, 0.1) is 12.8 Å². The van der Waals surface area contributed by atoms with Gasteiger partial charge in [0, 0.05) is 0 Å². The van der Waals surface area contributed by atoms with Crippen molar-refractivity contribution in [1.82, 2.24) is 5.48 Å². The number of aryl methyl sites for hydroxylation is 1. The van der Waals surface area contributed by atoms with Gasteiger partial charge < -0.3 is 4.74 Å². The Morgan fingerprint density at radius 3 is 2.30 bits per heavy atom. The Kier molecular flexibility index (Phi) is 7.31. The molecule has 0 fully saturated rings. The maximum Gasteiger partial charge on any atom is 0.127 e. The SMILES string of the molecule is C=C(NOC)c1ccc(C(C)(C)CCCc2cccc(Oc3ccccc3)c2)cc1. The summed E-state index contributed by atoms with van der Waals surface area (Å²) < 4.78 is 5.96. The molecule has 156 valence electrons. The molecule has 3 heteroatoms. The van der Waals surface area contributed by atoms with Crippen molar-refractivity contribution in [2.75, 3.05) is 7.11 Å². The van der Waals surface area contributed by atoms with E-state index in [0.29, 0.717) is 0 Å². The number of nitrogens with one attached hydrogen (secondary N) is 1. The molecule has 0 unspecified atom stereocenters. The van der Waals surface area contributed by atoms with E-state index < -0.39 is 0 Å². The van der Waals surface area contributed by atoms with E-state index in [0.717, 1.165) is 42.0 Å². The average Bonchev–Trinajstić information content (AvgIpc) is 2.75. The summed E-state index contributed by atoms with van der Waals surface area (Å²) in [4.78, 5) is 4.93. The van der Waals surface area contributed by atoms with Crippen molar-refractivity contribution in [2.24, 2.45) is 0 Å². The Hall–Kier alpha value is -3.04. The van der Waals surface area contributed by atoms with E-state index in [-0.39, 0.29) is 5.41 Å². The second kappa shape index (κ2) is 10.1. The maximum atomic E-state index is 5.96. The van der Waals surface area contributed by atoms with E-state index in [1.165, 1.54) is 11.1 Å². The summed E-state index contributed by atoms with van der Waals surface area (Å²) in [6, 6.07) is 26.9. The molecule has 3 rings (SSSR count). The maximum absolute atomic E-state index is 5.96. The molecule has 0 spiro atoms. The van der Waals surface area contributed by atoms with Crippen LogP contribution in [0.25, 0.3) is 5.70 Å². The fourth-order valence-electron chi connectivity index (χ4n) is 3.57. The second-order valence-corrected chi connectivity index (χ2v) is 8.16. The summed E-state index contributed by atoms with van der Waals surface area (Å²) in [6.07, 6.45) is 3.25. The summed E-state index contributed by atoms with van der Waals surface area (Å²) in [5.41, 5.74) is 7.32. The molecule has 0 aliphatic rings. The van der Waals surface area contributed by atoms with Crippen LogP contribution in [0.15, 0.2) is 85.4 Å². The lowest BCUT2D eigenvalue weighted by molar-refractivity contribution is 0.137. The Morgan fingerprint density at radius 2 is 1.60 bits per heavy atom. The molecule has 0 saturated carbocycles. The van der Waals surface area contributed by atoms with E-state index >= 15 is 0 Å². The molecule has 1 N–H and O–H groups in total. The van der Waals surface area contributed by atoms with Crippen LogP contribution >= 0.6 is 0 Å². The van der Waals surface area contributed by atoms with Gasteiger partial charge in [-0.2, -0.15) is 0 Å². The van der Waals surface area contributed by atoms with Gasteiger partial charge in [0.25, 0.3) is 0 Å². The highest BCUT2D eigenvalue weighted by Gasteiger charge is 2.20. The van der Waals surface area contributed by atoms with E-state index in [9.17, 15) is 0 Å². The molecule has 0 bridgehead atoms. The van der Waals surface area contributed by atoms with E-state index in [4.69, 9.17) is 9.57 Å². The smallest absolute Gasteiger partial charge is 0.127 e. The highest BCUT2D eigenvalue weighted by molar-refractivity contribution is 5.61. The molecule has 0 amide bonds. The van der Waals surface area contributed by atoms with Crippen molar-refractivity contribution >= 4 is 5.70 Å². The summed E-state index contributed by atoms with van der Waals surface area (Å²) in [7, 11) is 1.59. The zero-order chi connectivity index (χ0) is 21.4. The monoisotopic (exact) mass is 401 g/mol.